The van der Waals surface area contributed by atoms with E-state index in [9.17, 15) is 14.4 Å². The molecule has 0 radical (unpaired) electrons. The summed E-state index contributed by atoms with van der Waals surface area (Å²) in [4.78, 5) is 35.1. The van der Waals surface area contributed by atoms with Crippen LogP contribution in [-0.4, -0.2) is 37.1 Å². The number of anilines is 1. The molecule has 0 bridgehead atoms. The predicted octanol–water partition coefficient (Wildman–Crippen LogP) is 2.30. The van der Waals surface area contributed by atoms with Gasteiger partial charge in [-0.1, -0.05) is 19.1 Å². The van der Waals surface area contributed by atoms with E-state index >= 15 is 0 Å². The fourth-order valence-corrected chi connectivity index (χ4v) is 2.39. The first-order chi connectivity index (χ1) is 14.4. The number of rotatable bonds is 8. The molecule has 30 heavy (non-hydrogen) atoms. The highest BCUT2D eigenvalue weighted by Gasteiger charge is 2.10. The summed E-state index contributed by atoms with van der Waals surface area (Å²) in [5.41, 5.74) is 5.66. The minimum atomic E-state index is -0.825. The van der Waals surface area contributed by atoms with Crippen LogP contribution in [0.1, 0.15) is 30.0 Å². The lowest BCUT2D eigenvalue weighted by Gasteiger charge is -2.10. The smallest absolute Gasteiger partial charge is 0.329 e. The lowest BCUT2D eigenvalue weighted by atomic mass is 10.1. The van der Waals surface area contributed by atoms with E-state index in [4.69, 9.17) is 4.74 Å². The van der Waals surface area contributed by atoms with Gasteiger partial charge in [0.2, 0.25) is 0 Å². The van der Waals surface area contributed by atoms with Crippen LogP contribution in [0.15, 0.2) is 47.6 Å². The monoisotopic (exact) mass is 410 g/mol. The van der Waals surface area contributed by atoms with Crippen molar-refractivity contribution in [3.8, 4) is 5.75 Å². The molecule has 0 aliphatic heterocycles. The molecule has 3 N–H and O–H groups in total. The van der Waals surface area contributed by atoms with E-state index in [1.165, 1.54) is 6.21 Å². The van der Waals surface area contributed by atoms with Crippen molar-refractivity contribution >= 4 is 29.6 Å². The second kappa shape index (κ2) is 11.4. The topological polar surface area (TPSA) is 109 Å². The number of benzene rings is 2. The lowest BCUT2D eigenvalue weighted by molar-refractivity contribution is -0.139. The van der Waals surface area contributed by atoms with Crippen molar-refractivity contribution in [2.24, 2.45) is 5.10 Å². The third-order valence-corrected chi connectivity index (χ3v) is 4.04. The van der Waals surface area contributed by atoms with Crippen LogP contribution >= 0.6 is 0 Å². The second-order valence-corrected chi connectivity index (χ2v) is 6.68. The Hall–Kier alpha value is -3.68. The lowest BCUT2D eigenvalue weighted by Crippen LogP contribution is -2.38. The highest BCUT2D eigenvalue weighted by molar-refractivity contribution is 6.35. The van der Waals surface area contributed by atoms with Gasteiger partial charge in [0.1, 0.15) is 5.75 Å². The number of hydrazone groups is 1. The van der Waals surface area contributed by atoms with Crippen LogP contribution in [0.5, 0.6) is 5.75 Å². The quantitative estimate of drug-likeness (QED) is 0.352. The van der Waals surface area contributed by atoms with Gasteiger partial charge in [-0.15, -0.1) is 0 Å². The van der Waals surface area contributed by atoms with Crippen LogP contribution in [0.25, 0.3) is 0 Å². The number of ether oxygens (including phenoxy) is 1. The molecule has 0 spiro atoms. The summed E-state index contributed by atoms with van der Waals surface area (Å²) in [5.74, 6) is -1.28. The summed E-state index contributed by atoms with van der Waals surface area (Å²) in [6, 6.07) is 12.6. The van der Waals surface area contributed by atoms with Gasteiger partial charge in [0.25, 0.3) is 5.91 Å². The van der Waals surface area contributed by atoms with Crippen LogP contribution < -0.4 is 20.8 Å². The van der Waals surface area contributed by atoms with Gasteiger partial charge in [-0.3, -0.25) is 14.4 Å². The van der Waals surface area contributed by atoms with Crippen LogP contribution in [0.2, 0.25) is 0 Å². The van der Waals surface area contributed by atoms with Crippen molar-refractivity contribution < 1.29 is 19.1 Å². The zero-order chi connectivity index (χ0) is 21.9. The molecule has 158 valence electrons. The highest BCUT2D eigenvalue weighted by Crippen LogP contribution is 2.16. The molecule has 2 aromatic carbocycles. The largest absolute Gasteiger partial charge is 0.484 e. The van der Waals surface area contributed by atoms with Crippen LogP contribution in [-0.2, 0) is 14.4 Å². The Balaban J connectivity index is 1.80. The molecule has 0 aliphatic carbocycles. The zero-order valence-electron chi connectivity index (χ0n) is 17.3. The van der Waals surface area contributed by atoms with E-state index in [0.29, 0.717) is 17.9 Å². The average Bonchev–Trinajstić information content (AvgIpc) is 2.74. The van der Waals surface area contributed by atoms with Gasteiger partial charge >= 0.3 is 11.8 Å². The van der Waals surface area contributed by atoms with Crippen LogP contribution in [0, 0.1) is 13.8 Å². The minimum absolute atomic E-state index is 0.121. The van der Waals surface area contributed by atoms with Gasteiger partial charge in [0.05, 0.1) is 6.21 Å². The van der Waals surface area contributed by atoms with Crippen molar-refractivity contribution in [2.45, 2.75) is 27.2 Å². The highest BCUT2D eigenvalue weighted by atomic mass is 16.5. The van der Waals surface area contributed by atoms with E-state index in [1.807, 2.05) is 39.0 Å². The summed E-state index contributed by atoms with van der Waals surface area (Å²) in [6.07, 6.45) is 2.14. The minimum Gasteiger partial charge on any atom is -0.484 e. The van der Waals surface area contributed by atoms with E-state index < -0.39 is 11.8 Å². The maximum atomic E-state index is 12.1. The molecule has 0 aliphatic rings. The van der Waals surface area contributed by atoms with E-state index in [-0.39, 0.29) is 12.5 Å². The molecule has 8 heteroatoms. The van der Waals surface area contributed by atoms with Gasteiger partial charge in [0.15, 0.2) is 6.61 Å². The Labute approximate surface area is 175 Å². The summed E-state index contributed by atoms with van der Waals surface area (Å²) in [6.45, 7) is 6.09. The van der Waals surface area contributed by atoms with Gasteiger partial charge < -0.3 is 15.4 Å². The Bertz CT molecular complexity index is 923. The van der Waals surface area contributed by atoms with Gasteiger partial charge in [-0.05, 0) is 67.3 Å². The molecular formula is C22H26N4O4. The van der Waals surface area contributed by atoms with E-state index in [1.54, 1.807) is 24.3 Å². The Morgan fingerprint density at radius 2 is 1.77 bits per heavy atom. The van der Waals surface area contributed by atoms with Crippen molar-refractivity contribution in [3.05, 3.63) is 59.2 Å². The van der Waals surface area contributed by atoms with Crippen molar-refractivity contribution in [1.29, 1.82) is 0 Å². The molecule has 0 saturated heterocycles. The maximum absolute atomic E-state index is 12.1. The Kier molecular flexibility index (Phi) is 8.56. The normalized spacial score (nSPS) is 10.5. The third-order valence-electron chi connectivity index (χ3n) is 4.04. The predicted molar refractivity (Wildman–Crippen MR) is 116 cm³/mol. The van der Waals surface area contributed by atoms with Crippen molar-refractivity contribution in [1.82, 2.24) is 10.7 Å². The van der Waals surface area contributed by atoms with Crippen molar-refractivity contribution in [2.75, 3.05) is 18.5 Å². The molecule has 0 aromatic heterocycles. The molecule has 0 fully saturated rings. The molecule has 0 heterocycles. The summed E-state index contributed by atoms with van der Waals surface area (Å²) in [5, 5.41) is 9.04. The molecule has 0 unspecified atom stereocenters. The molecule has 2 aromatic rings. The fraction of sp³-hybridized carbons (Fsp3) is 0.273. The zero-order valence-corrected chi connectivity index (χ0v) is 17.3. The fourth-order valence-electron chi connectivity index (χ4n) is 2.39. The molecule has 0 atom stereocenters. The average molecular weight is 410 g/mol. The Morgan fingerprint density at radius 1 is 1.03 bits per heavy atom. The first-order valence-corrected chi connectivity index (χ1v) is 9.60. The SMILES string of the molecule is CCCNC(=O)C(=O)N/N=C\c1ccc(OCC(=O)Nc2cc(C)ccc2C)cc1. The number of hydrogen-bond acceptors (Lipinski definition) is 5. The summed E-state index contributed by atoms with van der Waals surface area (Å²) < 4.78 is 5.50. The standard InChI is InChI=1S/C22H26N4O4/c1-4-11-23-21(28)22(29)26-24-13-17-7-9-18(10-8-17)30-14-20(27)25-19-12-15(2)5-6-16(19)3/h5-10,12-13H,4,11,14H2,1-3H3,(H,23,28)(H,25,27)(H,26,29)/b24-13-. The number of hydrogen-bond donors (Lipinski definition) is 3. The van der Waals surface area contributed by atoms with Gasteiger partial charge in [-0.2, -0.15) is 5.10 Å². The first kappa shape index (κ1) is 22.6. The number of nitrogens with one attached hydrogen (secondary N) is 3. The second-order valence-electron chi connectivity index (χ2n) is 6.68. The Morgan fingerprint density at radius 3 is 2.47 bits per heavy atom. The number of nitrogens with zero attached hydrogens (tertiary/aromatic N) is 1. The number of amides is 3. The third kappa shape index (κ3) is 7.38. The van der Waals surface area contributed by atoms with E-state index in [2.05, 4.69) is 21.2 Å². The van der Waals surface area contributed by atoms with Gasteiger partial charge in [-0.25, -0.2) is 5.43 Å². The van der Waals surface area contributed by atoms with Crippen LogP contribution in [0.3, 0.4) is 0 Å². The number of carbonyl (C=O) groups excluding carboxylic acids is 3. The first-order valence-electron chi connectivity index (χ1n) is 9.60. The van der Waals surface area contributed by atoms with Gasteiger partial charge in [0, 0.05) is 12.2 Å². The van der Waals surface area contributed by atoms with Crippen molar-refractivity contribution in [3.63, 3.8) is 0 Å². The molecule has 3 amide bonds. The number of aryl methyl sites for hydroxylation is 2. The summed E-state index contributed by atoms with van der Waals surface area (Å²) in [7, 11) is 0. The summed E-state index contributed by atoms with van der Waals surface area (Å²) >= 11 is 0. The van der Waals surface area contributed by atoms with E-state index in [0.717, 1.165) is 23.2 Å². The molecular weight excluding hydrogens is 384 g/mol. The van der Waals surface area contributed by atoms with Crippen LogP contribution in [0.4, 0.5) is 5.69 Å². The maximum Gasteiger partial charge on any atom is 0.329 e. The molecule has 0 saturated carbocycles. The molecule has 8 nitrogen and oxygen atoms in total. The molecule has 2 rings (SSSR count). The number of carbonyl (C=O) groups is 3.